The van der Waals surface area contributed by atoms with Crippen molar-refractivity contribution in [1.82, 2.24) is 5.32 Å². The van der Waals surface area contributed by atoms with Crippen LogP contribution in [0.3, 0.4) is 0 Å². The third-order valence-electron chi connectivity index (χ3n) is 2.38. The predicted molar refractivity (Wildman–Crippen MR) is 78.3 cm³/mol. The number of carbonyl (C=O) groups excluding carboxylic acids is 2. The quantitative estimate of drug-likeness (QED) is 0.750. The summed E-state index contributed by atoms with van der Waals surface area (Å²) in [5.41, 5.74) is 0.529. The molecule has 20 heavy (non-hydrogen) atoms. The highest BCUT2D eigenvalue weighted by Gasteiger charge is 2.14. The van der Waals surface area contributed by atoms with E-state index >= 15 is 0 Å². The molecule has 1 amide bonds. The number of amides is 1. The van der Waals surface area contributed by atoms with Crippen LogP contribution in [0, 0.1) is 0 Å². The molecule has 1 atom stereocenters. The Balaban J connectivity index is 2.33. The second kappa shape index (κ2) is 7.91. The Kier molecular flexibility index (Phi) is 6.54. The van der Waals surface area contributed by atoms with E-state index in [-0.39, 0.29) is 17.3 Å². The number of carboxylic acids is 1. The van der Waals surface area contributed by atoms with Crippen molar-refractivity contribution in [2.75, 3.05) is 11.5 Å². The number of hydrogen-bond donors (Lipinski definition) is 2. The van der Waals surface area contributed by atoms with Crippen LogP contribution in [0.4, 0.5) is 0 Å². The minimum absolute atomic E-state index is 0.0386. The van der Waals surface area contributed by atoms with Crippen molar-refractivity contribution < 1.29 is 19.5 Å². The molecule has 0 aliphatic carbocycles. The molecule has 108 valence electrons. The summed E-state index contributed by atoms with van der Waals surface area (Å²) in [6.07, 6.45) is 0. The lowest BCUT2D eigenvalue weighted by Crippen LogP contribution is -2.39. The smallest absolute Gasteiger partial charge is 0.325 e. The molecule has 0 saturated heterocycles. The molecule has 2 N–H and O–H groups in total. The molecular weight excluding hydrogens is 302 g/mol. The number of carbonyl (C=O) groups is 3. The molecule has 0 unspecified atom stereocenters. The van der Waals surface area contributed by atoms with Crippen LogP contribution in [0.15, 0.2) is 24.3 Å². The number of benzene rings is 1. The first-order valence-corrected chi connectivity index (χ1v) is 7.32. The van der Waals surface area contributed by atoms with Gasteiger partial charge in [0.2, 0.25) is 5.91 Å². The van der Waals surface area contributed by atoms with Gasteiger partial charge in [0, 0.05) is 10.6 Å². The molecule has 0 fully saturated rings. The van der Waals surface area contributed by atoms with E-state index < -0.39 is 17.9 Å². The van der Waals surface area contributed by atoms with Gasteiger partial charge < -0.3 is 10.4 Å². The Morgan fingerprint density at radius 2 is 1.85 bits per heavy atom. The Hall–Kier alpha value is -1.53. The monoisotopic (exact) mass is 315 g/mol. The van der Waals surface area contributed by atoms with Crippen LogP contribution in [0.5, 0.6) is 0 Å². The highest BCUT2D eigenvalue weighted by molar-refractivity contribution is 8.00. The van der Waals surface area contributed by atoms with Gasteiger partial charge in [0.1, 0.15) is 6.04 Å². The molecule has 0 spiro atoms. The van der Waals surface area contributed by atoms with Gasteiger partial charge in [-0.3, -0.25) is 14.4 Å². The molecule has 0 aliphatic heterocycles. The molecule has 1 aromatic rings. The molecule has 0 aromatic heterocycles. The number of aliphatic carboxylic acids is 1. The molecule has 0 aliphatic rings. The van der Waals surface area contributed by atoms with Gasteiger partial charge in [-0.1, -0.05) is 11.6 Å². The largest absolute Gasteiger partial charge is 0.480 e. The van der Waals surface area contributed by atoms with Crippen molar-refractivity contribution in [2.45, 2.75) is 13.0 Å². The number of hydrogen-bond acceptors (Lipinski definition) is 4. The Labute approximate surface area is 125 Å². The maximum atomic E-state index is 11.8. The van der Waals surface area contributed by atoms with Crippen LogP contribution < -0.4 is 5.32 Å². The van der Waals surface area contributed by atoms with Gasteiger partial charge in [0.05, 0.1) is 11.5 Å². The molecule has 7 heteroatoms. The van der Waals surface area contributed by atoms with Crippen molar-refractivity contribution in [1.29, 1.82) is 0 Å². The highest BCUT2D eigenvalue weighted by Crippen LogP contribution is 2.12. The van der Waals surface area contributed by atoms with Crippen LogP contribution in [0.1, 0.15) is 17.3 Å². The Bertz CT molecular complexity index is 504. The lowest BCUT2D eigenvalue weighted by atomic mass is 10.1. The summed E-state index contributed by atoms with van der Waals surface area (Å²) in [4.78, 5) is 33.7. The molecular formula is C13H14ClNO4S. The number of thioether (sulfide) groups is 1. The molecule has 0 heterocycles. The van der Waals surface area contributed by atoms with Crippen molar-refractivity contribution in [3.63, 3.8) is 0 Å². The zero-order valence-corrected chi connectivity index (χ0v) is 12.3. The zero-order valence-electron chi connectivity index (χ0n) is 10.8. The van der Waals surface area contributed by atoms with Gasteiger partial charge in [-0.2, -0.15) is 0 Å². The number of ketones is 1. The number of nitrogens with one attached hydrogen (secondary N) is 1. The zero-order chi connectivity index (χ0) is 15.1. The highest BCUT2D eigenvalue weighted by atomic mass is 35.5. The molecule has 0 saturated carbocycles. The Morgan fingerprint density at radius 3 is 2.40 bits per heavy atom. The van der Waals surface area contributed by atoms with Gasteiger partial charge >= 0.3 is 5.97 Å². The first kappa shape index (κ1) is 16.5. The molecule has 0 bridgehead atoms. The summed E-state index contributed by atoms with van der Waals surface area (Å²) in [6, 6.07) is 5.56. The first-order chi connectivity index (χ1) is 9.40. The van der Waals surface area contributed by atoms with Crippen LogP contribution in [-0.2, 0) is 9.59 Å². The average Bonchev–Trinajstić information content (AvgIpc) is 2.39. The average molecular weight is 316 g/mol. The normalized spacial score (nSPS) is 11.7. The lowest BCUT2D eigenvalue weighted by Gasteiger charge is -2.08. The maximum Gasteiger partial charge on any atom is 0.325 e. The van der Waals surface area contributed by atoms with Crippen LogP contribution >= 0.6 is 23.4 Å². The van der Waals surface area contributed by atoms with Gasteiger partial charge in [-0.05, 0) is 31.2 Å². The fourth-order valence-corrected chi connectivity index (χ4v) is 2.15. The minimum Gasteiger partial charge on any atom is -0.480 e. The summed E-state index contributed by atoms with van der Waals surface area (Å²) >= 11 is 6.85. The maximum absolute atomic E-state index is 11.8. The van der Waals surface area contributed by atoms with Gasteiger partial charge in [0.25, 0.3) is 0 Å². The van der Waals surface area contributed by atoms with Crippen molar-refractivity contribution in [2.24, 2.45) is 0 Å². The third-order valence-corrected chi connectivity index (χ3v) is 3.57. The predicted octanol–water partition coefficient (Wildman–Crippen LogP) is 1.85. The van der Waals surface area contributed by atoms with E-state index in [0.29, 0.717) is 10.6 Å². The van der Waals surface area contributed by atoms with E-state index in [1.165, 1.54) is 6.92 Å². The van der Waals surface area contributed by atoms with E-state index in [1.54, 1.807) is 24.3 Å². The first-order valence-electron chi connectivity index (χ1n) is 5.79. The minimum atomic E-state index is -1.10. The lowest BCUT2D eigenvalue weighted by molar-refractivity contribution is -0.140. The topological polar surface area (TPSA) is 83.5 Å². The second-order valence-electron chi connectivity index (χ2n) is 4.05. The molecule has 1 aromatic carbocycles. The van der Waals surface area contributed by atoms with E-state index in [0.717, 1.165) is 11.8 Å². The van der Waals surface area contributed by atoms with Crippen LogP contribution in [0.2, 0.25) is 5.02 Å². The standard InChI is InChI=1S/C13H14ClNO4S/c1-8(13(18)19)15-12(17)7-20-6-11(16)9-2-4-10(14)5-3-9/h2-5,8H,6-7H2,1H3,(H,15,17)(H,18,19)/t8-/m1/s1. The van der Waals surface area contributed by atoms with Crippen molar-refractivity contribution in [3.05, 3.63) is 34.9 Å². The second-order valence-corrected chi connectivity index (χ2v) is 5.47. The van der Waals surface area contributed by atoms with Gasteiger partial charge in [-0.15, -0.1) is 11.8 Å². The fraction of sp³-hybridized carbons (Fsp3) is 0.308. The SMILES string of the molecule is C[C@@H](NC(=O)CSCC(=O)c1ccc(Cl)cc1)C(=O)O. The van der Waals surface area contributed by atoms with E-state index in [2.05, 4.69) is 5.32 Å². The van der Waals surface area contributed by atoms with Gasteiger partial charge in [-0.25, -0.2) is 0 Å². The molecule has 5 nitrogen and oxygen atoms in total. The van der Waals surface area contributed by atoms with Crippen molar-refractivity contribution >= 4 is 41.0 Å². The fourth-order valence-electron chi connectivity index (χ4n) is 1.30. The number of halogens is 1. The summed E-state index contributed by atoms with van der Waals surface area (Å²) in [7, 11) is 0. The summed E-state index contributed by atoms with van der Waals surface area (Å²) in [5.74, 6) is -1.42. The van der Waals surface area contributed by atoms with Crippen LogP contribution in [-0.4, -0.2) is 40.3 Å². The van der Waals surface area contributed by atoms with E-state index in [9.17, 15) is 14.4 Å². The Morgan fingerprint density at radius 1 is 1.25 bits per heavy atom. The van der Waals surface area contributed by atoms with Gasteiger partial charge in [0.15, 0.2) is 5.78 Å². The molecule has 1 rings (SSSR count). The third kappa shape index (κ3) is 5.63. The summed E-state index contributed by atoms with van der Waals surface area (Å²) in [5, 5.41) is 11.5. The number of rotatable bonds is 7. The number of Topliss-reactive ketones (excluding diaryl/α,β-unsaturated/α-hetero) is 1. The van der Waals surface area contributed by atoms with Crippen molar-refractivity contribution in [3.8, 4) is 0 Å². The number of carboxylic acid groups (broad SMARTS) is 1. The van der Waals surface area contributed by atoms with E-state index in [1.807, 2.05) is 0 Å². The summed E-state index contributed by atoms with van der Waals surface area (Å²) < 4.78 is 0. The van der Waals surface area contributed by atoms with E-state index in [4.69, 9.17) is 16.7 Å². The summed E-state index contributed by atoms with van der Waals surface area (Å²) in [6.45, 7) is 1.38. The molecule has 0 radical (unpaired) electrons. The van der Waals surface area contributed by atoms with Crippen LogP contribution in [0.25, 0.3) is 0 Å².